The number of nitrogens with zero attached hydrogens (tertiary/aromatic N) is 2. The molecule has 1 heterocycles. The Balaban J connectivity index is 3.42. The largest absolute Gasteiger partial charge is 0.330 e. The Labute approximate surface area is 76.4 Å². The highest BCUT2D eigenvalue weighted by molar-refractivity contribution is 5.05. The third kappa shape index (κ3) is 1.71. The van der Waals surface area contributed by atoms with Crippen LogP contribution in [0.25, 0.3) is 0 Å². The van der Waals surface area contributed by atoms with Crippen molar-refractivity contribution in [1.82, 2.24) is 9.13 Å². The standard InChI is InChI=1S/C9H14N2O2/c1-4-5-7-6-10(2)9(13)11(3)8(7)12/h6H,4-5H2,1-3H3. The Morgan fingerprint density at radius 3 is 2.46 bits per heavy atom. The van der Waals surface area contributed by atoms with Crippen molar-refractivity contribution in [3.63, 3.8) is 0 Å². The highest BCUT2D eigenvalue weighted by atomic mass is 16.2. The van der Waals surface area contributed by atoms with E-state index in [4.69, 9.17) is 0 Å². The first-order valence-electron chi connectivity index (χ1n) is 4.33. The van der Waals surface area contributed by atoms with Gasteiger partial charge in [-0.15, -0.1) is 0 Å². The summed E-state index contributed by atoms with van der Waals surface area (Å²) in [6.45, 7) is 2.00. The second-order valence-electron chi connectivity index (χ2n) is 3.16. The fourth-order valence-corrected chi connectivity index (χ4v) is 1.32. The summed E-state index contributed by atoms with van der Waals surface area (Å²) >= 11 is 0. The fraction of sp³-hybridized carbons (Fsp3) is 0.556. The Morgan fingerprint density at radius 2 is 1.92 bits per heavy atom. The molecule has 0 aliphatic rings. The number of rotatable bonds is 2. The van der Waals surface area contributed by atoms with Crippen molar-refractivity contribution in [2.75, 3.05) is 0 Å². The lowest BCUT2D eigenvalue weighted by molar-refractivity contribution is 0.664. The van der Waals surface area contributed by atoms with Crippen LogP contribution in [0.2, 0.25) is 0 Å². The molecule has 1 rings (SSSR count). The molecule has 13 heavy (non-hydrogen) atoms. The number of hydrogen-bond donors (Lipinski definition) is 0. The predicted octanol–water partition coefficient (Wildman–Crippen LogP) is 0.0365. The minimum Gasteiger partial charge on any atom is -0.303 e. The summed E-state index contributed by atoms with van der Waals surface area (Å²) in [4.78, 5) is 22.8. The van der Waals surface area contributed by atoms with Crippen LogP contribution in [0.15, 0.2) is 15.8 Å². The molecule has 0 unspecified atom stereocenters. The summed E-state index contributed by atoms with van der Waals surface area (Å²) < 4.78 is 2.58. The third-order valence-electron chi connectivity index (χ3n) is 2.04. The van der Waals surface area contributed by atoms with Crippen molar-refractivity contribution in [3.05, 3.63) is 32.6 Å². The quantitative estimate of drug-likeness (QED) is 0.648. The van der Waals surface area contributed by atoms with E-state index in [1.807, 2.05) is 6.92 Å². The number of aryl methyl sites for hydroxylation is 2. The van der Waals surface area contributed by atoms with Gasteiger partial charge in [-0.2, -0.15) is 0 Å². The van der Waals surface area contributed by atoms with Crippen LogP contribution in [0.1, 0.15) is 18.9 Å². The predicted molar refractivity (Wildman–Crippen MR) is 50.9 cm³/mol. The molecule has 0 fully saturated rings. The molecule has 0 N–H and O–H groups in total. The van der Waals surface area contributed by atoms with Crippen LogP contribution in [-0.2, 0) is 20.5 Å². The van der Waals surface area contributed by atoms with Gasteiger partial charge < -0.3 is 4.57 Å². The molecule has 4 heteroatoms. The second-order valence-corrected chi connectivity index (χ2v) is 3.16. The van der Waals surface area contributed by atoms with Crippen molar-refractivity contribution >= 4 is 0 Å². The summed E-state index contributed by atoms with van der Waals surface area (Å²) in [5.74, 6) is 0. The topological polar surface area (TPSA) is 44.0 Å². The van der Waals surface area contributed by atoms with Gasteiger partial charge in [-0.3, -0.25) is 9.36 Å². The van der Waals surface area contributed by atoms with Crippen molar-refractivity contribution in [3.8, 4) is 0 Å². The number of hydrogen-bond acceptors (Lipinski definition) is 2. The first kappa shape index (κ1) is 9.77. The van der Waals surface area contributed by atoms with E-state index >= 15 is 0 Å². The van der Waals surface area contributed by atoms with Gasteiger partial charge in [0.25, 0.3) is 5.56 Å². The van der Waals surface area contributed by atoms with Gasteiger partial charge in [-0.1, -0.05) is 13.3 Å². The zero-order valence-corrected chi connectivity index (χ0v) is 8.20. The normalized spacial score (nSPS) is 10.4. The van der Waals surface area contributed by atoms with Crippen LogP contribution in [0, 0.1) is 0 Å². The van der Waals surface area contributed by atoms with Crippen molar-refractivity contribution < 1.29 is 0 Å². The van der Waals surface area contributed by atoms with E-state index in [1.165, 1.54) is 11.6 Å². The maximum atomic E-state index is 11.5. The Morgan fingerprint density at radius 1 is 1.31 bits per heavy atom. The molecule has 0 amide bonds. The smallest absolute Gasteiger partial charge is 0.303 e. The maximum absolute atomic E-state index is 11.5. The fourth-order valence-electron chi connectivity index (χ4n) is 1.32. The molecule has 0 spiro atoms. The average molecular weight is 182 g/mol. The minimum atomic E-state index is -0.273. The molecular formula is C9H14N2O2. The summed E-state index contributed by atoms with van der Waals surface area (Å²) in [5, 5.41) is 0. The van der Waals surface area contributed by atoms with E-state index in [9.17, 15) is 9.59 Å². The SMILES string of the molecule is CCCc1cn(C)c(=O)n(C)c1=O. The van der Waals surface area contributed by atoms with Crippen LogP contribution in [0.4, 0.5) is 0 Å². The molecular weight excluding hydrogens is 168 g/mol. The molecule has 0 bridgehead atoms. The minimum absolute atomic E-state index is 0.176. The Kier molecular flexibility index (Phi) is 2.70. The van der Waals surface area contributed by atoms with Crippen molar-refractivity contribution in [1.29, 1.82) is 0 Å². The molecule has 0 aliphatic carbocycles. The lowest BCUT2D eigenvalue weighted by Gasteiger charge is -2.04. The van der Waals surface area contributed by atoms with E-state index in [0.717, 1.165) is 17.4 Å². The average Bonchev–Trinajstić information content (AvgIpc) is 2.11. The van der Waals surface area contributed by atoms with Crippen molar-refractivity contribution in [2.45, 2.75) is 19.8 Å². The monoisotopic (exact) mass is 182 g/mol. The van der Waals surface area contributed by atoms with Crippen LogP contribution < -0.4 is 11.2 Å². The molecule has 72 valence electrons. The van der Waals surface area contributed by atoms with Crippen LogP contribution in [-0.4, -0.2) is 9.13 Å². The molecule has 0 aromatic carbocycles. The molecule has 0 radical (unpaired) electrons. The van der Waals surface area contributed by atoms with E-state index in [-0.39, 0.29) is 11.2 Å². The Hall–Kier alpha value is -1.32. The highest BCUT2D eigenvalue weighted by Gasteiger charge is 2.04. The lowest BCUT2D eigenvalue weighted by atomic mass is 10.2. The summed E-state index contributed by atoms with van der Waals surface area (Å²) in [6, 6.07) is 0. The molecule has 0 atom stereocenters. The summed E-state index contributed by atoms with van der Waals surface area (Å²) in [6.07, 6.45) is 3.25. The zero-order chi connectivity index (χ0) is 10.0. The van der Waals surface area contributed by atoms with Gasteiger partial charge >= 0.3 is 5.69 Å². The highest BCUT2D eigenvalue weighted by Crippen LogP contribution is 1.92. The molecule has 1 aromatic heterocycles. The summed E-state index contributed by atoms with van der Waals surface area (Å²) in [7, 11) is 3.16. The third-order valence-corrected chi connectivity index (χ3v) is 2.04. The zero-order valence-electron chi connectivity index (χ0n) is 8.20. The first-order valence-corrected chi connectivity index (χ1v) is 4.33. The first-order chi connectivity index (χ1) is 6.07. The van der Waals surface area contributed by atoms with Crippen molar-refractivity contribution in [2.24, 2.45) is 14.1 Å². The van der Waals surface area contributed by atoms with E-state index in [0.29, 0.717) is 5.56 Å². The summed E-state index contributed by atoms with van der Waals surface area (Å²) in [5.41, 5.74) is 0.252. The van der Waals surface area contributed by atoms with Gasteiger partial charge in [0.1, 0.15) is 0 Å². The maximum Gasteiger partial charge on any atom is 0.330 e. The van der Waals surface area contributed by atoms with Crippen LogP contribution >= 0.6 is 0 Å². The number of aromatic nitrogens is 2. The molecule has 0 saturated heterocycles. The van der Waals surface area contributed by atoms with Gasteiger partial charge in [-0.05, 0) is 6.42 Å². The molecule has 0 aliphatic heterocycles. The van der Waals surface area contributed by atoms with E-state index < -0.39 is 0 Å². The second kappa shape index (κ2) is 3.60. The van der Waals surface area contributed by atoms with E-state index in [1.54, 1.807) is 13.2 Å². The lowest BCUT2D eigenvalue weighted by Crippen LogP contribution is -2.38. The van der Waals surface area contributed by atoms with Gasteiger partial charge in [0.2, 0.25) is 0 Å². The van der Waals surface area contributed by atoms with Gasteiger partial charge in [0.05, 0.1) is 0 Å². The molecule has 4 nitrogen and oxygen atoms in total. The van der Waals surface area contributed by atoms with Gasteiger partial charge in [0.15, 0.2) is 0 Å². The van der Waals surface area contributed by atoms with Crippen LogP contribution in [0.5, 0.6) is 0 Å². The Bertz CT molecular complexity index is 415. The molecule has 0 saturated carbocycles. The van der Waals surface area contributed by atoms with Gasteiger partial charge in [0, 0.05) is 25.9 Å². The van der Waals surface area contributed by atoms with E-state index in [2.05, 4.69) is 0 Å². The molecule has 1 aromatic rings. The van der Waals surface area contributed by atoms with Gasteiger partial charge in [-0.25, -0.2) is 4.79 Å². The van der Waals surface area contributed by atoms with Crippen LogP contribution in [0.3, 0.4) is 0 Å².